The quantitative estimate of drug-likeness (QED) is 0.0320. The van der Waals surface area contributed by atoms with Gasteiger partial charge in [-0.2, -0.15) is 0 Å². The van der Waals surface area contributed by atoms with Crippen molar-refractivity contribution in [2.24, 2.45) is 0 Å². The first-order valence-corrected chi connectivity index (χ1v) is 42.8. The van der Waals surface area contributed by atoms with Crippen molar-refractivity contribution < 1.29 is 24.5 Å². The smallest absolute Gasteiger partial charge is 0.305 e. The zero-order chi connectivity index (χ0) is 67.0. The Morgan fingerprint density at radius 1 is 0.301 bits per heavy atom. The lowest BCUT2D eigenvalue weighted by Gasteiger charge is -2.20. The van der Waals surface area contributed by atoms with E-state index in [0.717, 1.165) is 44.9 Å². The minimum absolute atomic E-state index is 0.0235. The molecule has 0 aromatic rings. The Hall–Kier alpha value is -1.92. The number of nitrogens with one attached hydrogen (secondary N) is 1. The Morgan fingerprint density at radius 2 is 0.538 bits per heavy atom. The van der Waals surface area contributed by atoms with Gasteiger partial charge in [-0.1, -0.05) is 442 Å². The molecule has 0 aromatic carbocycles. The summed E-state index contributed by atoms with van der Waals surface area (Å²) in [6, 6.07) is -0.627. The van der Waals surface area contributed by atoms with Crippen molar-refractivity contribution in [1.82, 2.24) is 5.32 Å². The highest BCUT2D eigenvalue weighted by Gasteiger charge is 2.18. The number of unbranched alkanes of at least 4 members (excludes halogenated alkanes) is 66. The van der Waals surface area contributed by atoms with E-state index < -0.39 is 12.1 Å². The van der Waals surface area contributed by atoms with E-state index in [-0.39, 0.29) is 18.5 Å². The van der Waals surface area contributed by atoms with Gasteiger partial charge in [-0.3, -0.25) is 9.59 Å². The van der Waals surface area contributed by atoms with E-state index in [2.05, 4.69) is 43.5 Å². The minimum Gasteiger partial charge on any atom is -0.466 e. The van der Waals surface area contributed by atoms with Crippen LogP contribution < -0.4 is 5.32 Å². The maximum atomic E-state index is 12.6. The molecular formula is C87H167NO5. The predicted molar refractivity (Wildman–Crippen MR) is 412 cm³/mol. The number of allylic oxidation sites excluding steroid dienone is 5. The predicted octanol–water partition coefficient (Wildman–Crippen LogP) is 28.6. The van der Waals surface area contributed by atoms with Crippen molar-refractivity contribution in [3.05, 3.63) is 36.5 Å². The highest BCUT2D eigenvalue weighted by atomic mass is 16.5. The fourth-order valence-electron chi connectivity index (χ4n) is 13.7. The molecule has 1 amide bonds. The number of hydrogen-bond donors (Lipinski definition) is 3. The molecule has 0 spiro atoms. The molecule has 2 unspecified atom stereocenters. The lowest BCUT2D eigenvalue weighted by atomic mass is 10.0. The third-order valence-corrected chi connectivity index (χ3v) is 20.2. The summed E-state index contributed by atoms with van der Waals surface area (Å²) in [6.45, 7) is 4.97. The van der Waals surface area contributed by atoms with E-state index in [9.17, 15) is 19.8 Å². The SMILES string of the molecule is CCCCCCCCCCCCCCCCCCCCCC/C=C/C(O)C(CO)NC(=O)CCCCCCCCCCCCCCCCCCC/C=C\C/C=C\CCCCCCCCCCCCCCCOC(=O)CCCCCCCCCCCCCCCCCCC. The van der Waals surface area contributed by atoms with Crippen LogP contribution >= 0.6 is 0 Å². The van der Waals surface area contributed by atoms with Gasteiger partial charge in [0.2, 0.25) is 5.91 Å². The third-order valence-electron chi connectivity index (χ3n) is 20.2. The summed E-state index contributed by atoms with van der Waals surface area (Å²) in [6.07, 6.45) is 109. The second kappa shape index (κ2) is 82.5. The van der Waals surface area contributed by atoms with E-state index >= 15 is 0 Å². The van der Waals surface area contributed by atoms with Crippen LogP contribution in [0, 0.1) is 0 Å². The van der Waals surface area contributed by atoms with Crippen LogP contribution in [0.15, 0.2) is 36.5 Å². The lowest BCUT2D eigenvalue weighted by molar-refractivity contribution is -0.143. The second-order valence-electron chi connectivity index (χ2n) is 29.5. The summed E-state index contributed by atoms with van der Waals surface area (Å²) >= 11 is 0. The number of esters is 1. The number of rotatable bonds is 81. The Morgan fingerprint density at radius 3 is 0.817 bits per heavy atom. The lowest BCUT2D eigenvalue weighted by Crippen LogP contribution is -2.45. The van der Waals surface area contributed by atoms with Crippen molar-refractivity contribution >= 4 is 11.9 Å². The molecule has 3 N–H and O–H groups in total. The molecule has 550 valence electrons. The maximum absolute atomic E-state index is 12.6. The van der Waals surface area contributed by atoms with Crippen molar-refractivity contribution in [2.45, 2.75) is 495 Å². The van der Waals surface area contributed by atoms with Crippen LogP contribution in [0.3, 0.4) is 0 Å². The van der Waals surface area contributed by atoms with Crippen LogP contribution in [0.1, 0.15) is 483 Å². The summed E-state index contributed by atoms with van der Waals surface area (Å²) in [5.74, 6) is -0.0367. The van der Waals surface area contributed by atoms with Gasteiger partial charge in [0, 0.05) is 12.8 Å². The van der Waals surface area contributed by atoms with Gasteiger partial charge in [0.05, 0.1) is 25.4 Å². The highest BCUT2D eigenvalue weighted by molar-refractivity contribution is 5.76. The Balaban J connectivity index is 3.37. The number of hydrogen-bond acceptors (Lipinski definition) is 5. The molecule has 0 aromatic heterocycles. The van der Waals surface area contributed by atoms with Crippen LogP contribution in [0.4, 0.5) is 0 Å². The molecule has 0 aliphatic carbocycles. The normalized spacial score (nSPS) is 12.6. The topological polar surface area (TPSA) is 95.9 Å². The van der Waals surface area contributed by atoms with Gasteiger partial charge in [-0.25, -0.2) is 0 Å². The van der Waals surface area contributed by atoms with Crippen molar-refractivity contribution in [3.8, 4) is 0 Å². The standard InChI is InChI=1S/C87H167NO5/c1-3-5-7-9-11-13-15-17-19-21-22-23-41-44-48-51-55-59-63-67-71-75-79-85(90)84(83-89)88-86(91)80-76-72-68-64-60-56-52-49-45-42-39-37-35-33-31-29-27-25-24-26-28-30-32-34-36-38-40-43-46-50-54-58-62-66-70-74-78-82-93-87(92)81-77-73-69-65-61-57-53-47-20-18-16-14-12-10-8-6-4-2/h24,26,30,32,75,79,84-85,89-90H,3-23,25,27-29,31,33-74,76-78,80-83H2,1-2H3,(H,88,91)/b26-24-,32-30-,79-75+. The molecule has 0 saturated carbocycles. The fourth-order valence-corrected chi connectivity index (χ4v) is 13.7. The average molecular weight is 1310 g/mol. The summed E-state index contributed by atoms with van der Waals surface area (Å²) in [5, 5.41) is 23.3. The molecule has 0 aliphatic heterocycles. The van der Waals surface area contributed by atoms with Crippen molar-refractivity contribution in [2.75, 3.05) is 13.2 Å². The zero-order valence-corrected chi connectivity index (χ0v) is 63.3. The van der Waals surface area contributed by atoms with Crippen LogP contribution in [0.5, 0.6) is 0 Å². The Bertz CT molecular complexity index is 1510. The summed E-state index contributed by atoms with van der Waals surface area (Å²) < 4.78 is 5.52. The average Bonchev–Trinajstić information content (AvgIpc) is 3.78. The van der Waals surface area contributed by atoms with Gasteiger partial charge < -0.3 is 20.3 Å². The monoisotopic (exact) mass is 1310 g/mol. The highest BCUT2D eigenvalue weighted by Crippen LogP contribution is 2.20. The molecule has 0 bridgehead atoms. The third kappa shape index (κ3) is 79.0. The van der Waals surface area contributed by atoms with Gasteiger partial charge in [-0.05, 0) is 64.2 Å². The number of aliphatic hydroxyl groups is 2. The largest absolute Gasteiger partial charge is 0.466 e. The first-order chi connectivity index (χ1) is 46.0. The van der Waals surface area contributed by atoms with E-state index in [0.29, 0.717) is 19.4 Å². The van der Waals surface area contributed by atoms with Gasteiger partial charge in [0.25, 0.3) is 0 Å². The first-order valence-electron chi connectivity index (χ1n) is 42.8. The summed E-state index contributed by atoms with van der Waals surface area (Å²) in [5.41, 5.74) is 0. The Kier molecular flexibility index (Phi) is 80.8. The molecule has 0 saturated heterocycles. The maximum Gasteiger partial charge on any atom is 0.305 e. The Labute approximate surface area is 583 Å². The number of carbonyl (C=O) groups is 2. The fraction of sp³-hybridized carbons (Fsp3) is 0.908. The second-order valence-corrected chi connectivity index (χ2v) is 29.5. The molecule has 0 fully saturated rings. The molecule has 93 heavy (non-hydrogen) atoms. The van der Waals surface area contributed by atoms with E-state index in [1.165, 1.54) is 411 Å². The van der Waals surface area contributed by atoms with Gasteiger partial charge >= 0.3 is 5.97 Å². The molecule has 0 aliphatic rings. The van der Waals surface area contributed by atoms with E-state index in [1.807, 2.05) is 6.08 Å². The van der Waals surface area contributed by atoms with Crippen molar-refractivity contribution in [1.29, 1.82) is 0 Å². The van der Waals surface area contributed by atoms with Crippen molar-refractivity contribution in [3.63, 3.8) is 0 Å². The van der Waals surface area contributed by atoms with Gasteiger partial charge in [0.1, 0.15) is 0 Å². The summed E-state index contributed by atoms with van der Waals surface area (Å²) in [4.78, 5) is 24.7. The number of aliphatic hydroxyl groups excluding tert-OH is 2. The molecule has 0 radical (unpaired) electrons. The van der Waals surface area contributed by atoms with Crippen LogP contribution in [0.25, 0.3) is 0 Å². The summed E-state index contributed by atoms with van der Waals surface area (Å²) in [7, 11) is 0. The molecule has 2 atom stereocenters. The van der Waals surface area contributed by atoms with E-state index in [1.54, 1.807) is 6.08 Å². The molecule has 0 heterocycles. The van der Waals surface area contributed by atoms with E-state index in [4.69, 9.17) is 4.74 Å². The van der Waals surface area contributed by atoms with Crippen LogP contribution in [0.2, 0.25) is 0 Å². The number of carbonyl (C=O) groups excluding carboxylic acids is 2. The minimum atomic E-state index is -0.844. The molecule has 0 rings (SSSR count). The molecular weight excluding hydrogens is 1140 g/mol. The van der Waals surface area contributed by atoms with Crippen LogP contribution in [-0.2, 0) is 14.3 Å². The molecule has 6 nitrogen and oxygen atoms in total. The number of amides is 1. The van der Waals surface area contributed by atoms with Gasteiger partial charge in [-0.15, -0.1) is 0 Å². The van der Waals surface area contributed by atoms with Gasteiger partial charge in [0.15, 0.2) is 0 Å². The number of ether oxygens (including phenoxy) is 1. The zero-order valence-electron chi connectivity index (χ0n) is 63.3. The first kappa shape index (κ1) is 91.1. The van der Waals surface area contributed by atoms with Crippen LogP contribution in [-0.4, -0.2) is 47.4 Å². The molecule has 6 heteroatoms.